The summed E-state index contributed by atoms with van der Waals surface area (Å²) in [5.74, 6) is -1.41. The van der Waals surface area contributed by atoms with E-state index in [1.807, 2.05) is 44.2 Å². The number of carboxylic acid groups (broad SMARTS) is 1. The summed E-state index contributed by atoms with van der Waals surface area (Å²) in [5.41, 5.74) is 1.80. The van der Waals surface area contributed by atoms with Gasteiger partial charge in [-0.05, 0) is 17.5 Å². The molecule has 1 N–H and O–H groups in total. The number of nitrogens with zero attached hydrogens (tertiary/aromatic N) is 1. The maximum atomic E-state index is 12.8. The van der Waals surface area contributed by atoms with Crippen LogP contribution in [0.1, 0.15) is 47.4 Å². The van der Waals surface area contributed by atoms with Crippen LogP contribution in [0.5, 0.6) is 0 Å². The van der Waals surface area contributed by atoms with E-state index in [9.17, 15) is 14.7 Å². The van der Waals surface area contributed by atoms with Crippen molar-refractivity contribution in [1.29, 1.82) is 0 Å². The molecule has 0 saturated carbocycles. The first-order valence-corrected chi connectivity index (χ1v) is 8.13. The number of hydrogen-bond donors (Lipinski definition) is 1. The minimum Gasteiger partial charge on any atom is -0.481 e. The van der Waals surface area contributed by atoms with Crippen molar-refractivity contribution in [2.75, 3.05) is 13.1 Å². The lowest BCUT2D eigenvalue weighted by atomic mass is 9.89. The molecule has 2 aromatic rings. The van der Waals surface area contributed by atoms with E-state index < -0.39 is 11.9 Å². The van der Waals surface area contributed by atoms with E-state index in [4.69, 9.17) is 4.42 Å². The van der Waals surface area contributed by atoms with Crippen LogP contribution in [0.3, 0.4) is 0 Å². The number of carboxylic acids is 1. The van der Waals surface area contributed by atoms with Crippen molar-refractivity contribution in [1.82, 2.24) is 4.90 Å². The molecule has 1 aliphatic heterocycles. The number of carbonyl (C=O) groups excluding carboxylic acids is 1. The van der Waals surface area contributed by atoms with Gasteiger partial charge in [0.15, 0.2) is 5.76 Å². The van der Waals surface area contributed by atoms with Gasteiger partial charge in [0, 0.05) is 24.6 Å². The lowest BCUT2D eigenvalue weighted by Gasteiger charge is -2.16. The topological polar surface area (TPSA) is 70.8 Å². The zero-order chi connectivity index (χ0) is 17.3. The van der Waals surface area contributed by atoms with E-state index in [-0.39, 0.29) is 24.3 Å². The number of amides is 1. The fourth-order valence-electron chi connectivity index (χ4n) is 3.35. The van der Waals surface area contributed by atoms with E-state index in [0.717, 1.165) is 11.1 Å². The molecule has 0 unspecified atom stereocenters. The van der Waals surface area contributed by atoms with Gasteiger partial charge >= 0.3 is 5.97 Å². The van der Waals surface area contributed by atoms with Gasteiger partial charge in [0.25, 0.3) is 5.91 Å². The summed E-state index contributed by atoms with van der Waals surface area (Å²) in [6.45, 7) is 4.58. The molecule has 3 rings (SSSR count). The quantitative estimate of drug-likeness (QED) is 0.935. The molecule has 1 saturated heterocycles. The first-order valence-electron chi connectivity index (χ1n) is 8.13. The number of furan rings is 1. The lowest BCUT2D eigenvalue weighted by Crippen LogP contribution is -2.30. The summed E-state index contributed by atoms with van der Waals surface area (Å²) in [5, 5.41) is 9.56. The molecule has 5 heteroatoms. The third-order valence-electron chi connectivity index (χ3n) is 4.66. The highest BCUT2D eigenvalue weighted by molar-refractivity contribution is 5.94. The Labute approximate surface area is 140 Å². The van der Waals surface area contributed by atoms with Crippen molar-refractivity contribution in [3.05, 3.63) is 59.5 Å². The van der Waals surface area contributed by atoms with Gasteiger partial charge in [0.1, 0.15) is 0 Å². The summed E-state index contributed by atoms with van der Waals surface area (Å²) in [6, 6.07) is 11.3. The molecule has 126 valence electrons. The van der Waals surface area contributed by atoms with Gasteiger partial charge in [-0.1, -0.05) is 44.2 Å². The van der Waals surface area contributed by atoms with Gasteiger partial charge in [-0.25, -0.2) is 0 Å². The molecule has 0 bridgehead atoms. The van der Waals surface area contributed by atoms with E-state index in [2.05, 4.69) is 0 Å². The smallest absolute Gasteiger partial charge is 0.308 e. The van der Waals surface area contributed by atoms with Crippen LogP contribution in [0, 0.1) is 5.92 Å². The van der Waals surface area contributed by atoms with Gasteiger partial charge in [0.2, 0.25) is 0 Å². The van der Waals surface area contributed by atoms with Crippen LogP contribution in [-0.4, -0.2) is 35.0 Å². The summed E-state index contributed by atoms with van der Waals surface area (Å²) < 4.78 is 5.40. The van der Waals surface area contributed by atoms with Crippen LogP contribution in [0.4, 0.5) is 0 Å². The molecule has 1 fully saturated rings. The molecule has 24 heavy (non-hydrogen) atoms. The van der Waals surface area contributed by atoms with E-state index in [1.165, 1.54) is 6.26 Å². The Balaban J connectivity index is 1.87. The summed E-state index contributed by atoms with van der Waals surface area (Å²) in [4.78, 5) is 26.1. The number of benzene rings is 1. The molecule has 0 spiro atoms. The molecule has 0 radical (unpaired) electrons. The molecular weight excluding hydrogens is 306 g/mol. The Morgan fingerprint density at radius 3 is 2.50 bits per heavy atom. The summed E-state index contributed by atoms with van der Waals surface area (Å²) >= 11 is 0. The van der Waals surface area contributed by atoms with E-state index >= 15 is 0 Å². The average molecular weight is 327 g/mol. The molecule has 1 aliphatic rings. The van der Waals surface area contributed by atoms with Crippen molar-refractivity contribution in [3.8, 4) is 0 Å². The standard InChI is InChI=1S/C19H21NO4/c1-12(2)14-8-9-24-17(14)18(21)20-10-15(16(11-20)19(22)23)13-6-4-3-5-7-13/h3-9,12,15-16H,10-11H2,1-2H3,(H,22,23)/t15-,16-/m0/s1. The first-order chi connectivity index (χ1) is 11.5. The Bertz CT molecular complexity index is 735. The number of hydrogen-bond acceptors (Lipinski definition) is 3. The van der Waals surface area contributed by atoms with Crippen LogP contribution >= 0.6 is 0 Å². The Morgan fingerprint density at radius 2 is 1.88 bits per heavy atom. The molecule has 2 atom stereocenters. The third-order valence-corrected chi connectivity index (χ3v) is 4.66. The van der Waals surface area contributed by atoms with Crippen molar-refractivity contribution < 1.29 is 19.1 Å². The minimum atomic E-state index is -0.873. The summed E-state index contributed by atoms with van der Waals surface area (Å²) in [7, 11) is 0. The Kier molecular flexibility index (Phi) is 4.42. The maximum Gasteiger partial charge on any atom is 0.308 e. The molecule has 5 nitrogen and oxygen atoms in total. The Morgan fingerprint density at radius 1 is 1.17 bits per heavy atom. The van der Waals surface area contributed by atoms with Gasteiger partial charge in [-0.3, -0.25) is 9.59 Å². The van der Waals surface area contributed by atoms with E-state index in [0.29, 0.717) is 12.3 Å². The first kappa shape index (κ1) is 16.3. The average Bonchev–Trinajstić information content (AvgIpc) is 3.22. The highest BCUT2D eigenvalue weighted by Gasteiger charge is 2.41. The fraction of sp³-hybridized carbons (Fsp3) is 0.368. The number of rotatable bonds is 4. The monoisotopic (exact) mass is 327 g/mol. The molecule has 0 aliphatic carbocycles. The molecule has 1 aromatic carbocycles. The van der Waals surface area contributed by atoms with Crippen LogP contribution in [0.15, 0.2) is 47.1 Å². The van der Waals surface area contributed by atoms with Crippen LogP contribution in [0.25, 0.3) is 0 Å². The second-order valence-electron chi connectivity index (χ2n) is 6.53. The molecule has 1 amide bonds. The predicted molar refractivity (Wildman–Crippen MR) is 89.0 cm³/mol. The lowest BCUT2D eigenvalue weighted by molar-refractivity contribution is -0.141. The second kappa shape index (κ2) is 6.51. The highest BCUT2D eigenvalue weighted by atomic mass is 16.4. The van der Waals surface area contributed by atoms with Gasteiger partial charge < -0.3 is 14.4 Å². The van der Waals surface area contributed by atoms with Gasteiger partial charge in [0.05, 0.1) is 12.2 Å². The third kappa shape index (κ3) is 2.94. The second-order valence-corrected chi connectivity index (χ2v) is 6.53. The van der Waals surface area contributed by atoms with Crippen LogP contribution in [-0.2, 0) is 4.79 Å². The normalized spacial score (nSPS) is 20.5. The van der Waals surface area contributed by atoms with Crippen molar-refractivity contribution in [3.63, 3.8) is 0 Å². The van der Waals surface area contributed by atoms with Crippen LogP contribution < -0.4 is 0 Å². The molecule has 1 aromatic heterocycles. The maximum absolute atomic E-state index is 12.8. The fourth-order valence-corrected chi connectivity index (χ4v) is 3.35. The van der Waals surface area contributed by atoms with Gasteiger partial charge in [-0.2, -0.15) is 0 Å². The molecular formula is C19H21NO4. The van der Waals surface area contributed by atoms with Crippen molar-refractivity contribution in [2.45, 2.75) is 25.7 Å². The molecule has 2 heterocycles. The minimum absolute atomic E-state index is 0.172. The number of likely N-dealkylation sites (tertiary alicyclic amines) is 1. The highest BCUT2D eigenvalue weighted by Crippen LogP contribution is 2.34. The summed E-state index contributed by atoms with van der Waals surface area (Å²) in [6.07, 6.45) is 1.52. The van der Waals surface area contributed by atoms with Crippen LogP contribution in [0.2, 0.25) is 0 Å². The number of carbonyl (C=O) groups is 2. The SMILES string of the molecule is CC(C)c1ccoc1C(=O)N1C[C@H](C(=O)O)[C@H](c2ccccc2)C1. The zero-order valence-corrected chi connectivity index (χ0v) is 13.8. The largest absolute Gasteiger partial charge is 0.481 e. The Hall–Kier alpha value is -2.56. The van der Waals surface area contributed by atoms with E-state index in [1.54, 1.807) is 11.0 Å². The number of aliphatic carboxylic acids is 1. The van der Waals surface area contributed by atoms with Crippen molar-refractivity contribution >= 4 is 11.9 Å². The van der Waals surface area contributed by atoms with Gasteiger partial charge in [-0.15, -0.1) is 0 Å². The van der Waals surface area contributed by atoms with Crippen molar-refractivity contribution in [2.24, 2.45) is 5.92 Å². The zero-order valence-electron chi connectivity index (χ0n) is 13.8. The predicted octanol–water partition coefficient (Wildman–Crippen LogP) is 3.34.